The molecule has 2 rings (SSSR count). The normalized spacial score (nSPS) is 12.0. The predicted octanol–water partition coefficient (Wildman–Crippen LogP) is 3.49. The molecule has 0 unspecified atom stereocenters. The van der Waals surface area contributed by atoms with Crippen molar-refractivity contribution in [3.63, 3.8) is 0 Å². The van der Waals surface area contributed by atoms with Gasteiger partial charge in [-0.2, -0.15) is 0 Å². The summed E-state index contributed by atoms with van der Waals surface area (Å²) < 4.78 is 0. The van der Waals surface area contributed by atoms with Crippen LogP contribution in [-0.2, 0) is 11.8 Å². The van der Waals surface area contributed by atoms with Gasteiger partial charge in [-0.25, -0.2) is 9.97 Å². The highest BCUT2D eigenvalue weighted by atomic mass is 14.8. The highest BCUT2D eigenvalue weighted by Crippen LogP contribution is 2.25. The molecule has 0 fully saturated rings. The van der Waals surface area contributed by atoms with Crippen molar-refractivity contribution in [1.29, 1.82) is 0 Å². The van der Waals surface area contributed by atoms with E-state index in [2.05, 4.69) is 27.7 Å². The fraction of sp³-hybridized carbons (Fsp3) is 0.429. The number of benzene rings is 1. The first-order valence-electron chi connectivity index (χ1n) is 5.78. The van der Waals surface area contributed by atoms with Gasteiger partial charge in [0.25, 0.3) is 0 Å². The molecule has 0 saturated heterocycles. The van der Waals surface area contributed by atoms with Crippen LogP contribution in [0.3, 0.4) is 0 Å². The summed E-state index contributed by atoms with van der Waals surface area (Å²) in [4.78, 5) is 9.45. The molecule has 1 aromatic heterocycles. The van der Waals surface area contributed by atoms with E-state index in [0.717, 1.165) is 28.8 Å². The van der Waals surface area contributed by atoms with Crippen molar-refractivity contribution in [1.82, 2.24) is 9.97 Å². The molecular weight excluding hydrogens is 196 g/mol. The van der Waals surface area contributed by atoms with Crippen LogP contribution in [0.25, 0.3) is 11.0 Å². The van der Waals surface area contributed by atoms with Gasteiger partial charge in [0.2, 0.25) is 0 Å². The maximum atomic E-state index is 4.75. The quantitative estimate of drug-likeness (QED) is 0.726. The van der Waals surface area contributed by atoms with Gasteiger partial charge in [-0.05, 0) is 18.6 Å². The van der Waals surface area contributed by atoms with Crippen LogP contribution in [0.1, 0.15) is 39.1 Å². The van der Waals surface area contributed by atoms with Crippen LogP contribution >= 0.6 is 0 Å². The van der Waals surface area contributed by atoms with E-state index in [1.54, 1.807) is 0 Å². The van der Waals surface area contributed by atoms with Crippen molar-refractivity contribution in [2.45, 2.75) is 39.5 Å². The third-order valence-electron chi connectivity index (χ3n) is 2.69. The van der Waals surface area contributed by atoms with Crippen LogP contribution in [0, 0.1) is 0 Å². The second kappa shape index (κ2) is 3.85. The molecule has 0 N–H and O–H groups in total. The number of aryl methyl sites for hydroxylation is 1. The molecule has 0 aliphatic heterocycles. The maximum absolute atomic E-state index is 4.75. The van der Waals surface area contributed by atoms with E-state index in [-0.39, 0.29) is 5.41 Å². The van der Waals surface area contributed by atoms with Gasteiger partial charge in [0, 0.05) is 5.41 Å². The largest absolute Gasteiger partial charge is 0.249 e. The summed E-state index contributed by atoms with van der Waals surface area (Å²) in [6.45, 7) is 8.69. The van der Waals surface area contributed by atoms with Crippen molar-refractivity contribution >= 4 is 11.0 Å². The maximum Gasteiger partial charge on any atom is 0.0890 e. The first-order valence-corrected chi connectivity index (χ1v) is 5.78. The van der Waals surface area contributed by atoms with Crippen LogP contribution in [-0.4, -0.2) is 9.97 Å². The average molecular weight is 214 g/mol. The Hall–Kier alpha value is -1.44. The van der Waals surface area contributed by atoms with Crippen molar-refractivity contribution in [3.05, 3.63) is 35.7 Å². The number of hydrogen-bond donors (Lipinski definition) is 0. The Balaban J connectivity index is 2.73. The van der Waals surface area contributed by atoms with Crippen molar-refractivity contribution < 1.29 is 0 Å². The van der Waals surface area contributed by atoms with E-state index in [0.29, 0.717) is 0 Å². The second-order valence-corrected chi connectivity index (χ2v) is 5.11. The lowest BCUT2D eigenvalue weighted by Gasteiger charge is -2.20. The van der Waals surface area contributed by atoms with Gasteiger partial charge in [-0.15, -0.1) is 0 Å². The standard InChI is InChI=1S/C14H18N2/c1-5-10-13(14(2,3)4)16-12-9-7-6-8-11(12)15-10/h6-9H,5H2,1-4H3. The fourth-order valence-corrected chi connectivity index (χ4v) is 1.88. The zero-order valence-electron chi connectivity index (χ0n) is 10.4. The van der Waals surface area contributed by atoms with Crippen molar-refractivity contribution in [2.24, 2.45) is 0 Å². The SMILES string of the molecule is CCc1nc2ccccc2nc1C(C)(C)C. The Kier molecular flexibility index (Phi) is 2.66. The Morgan fingerprint density at radius 2 is 1.56 bits per heavy atom. The Morgan fingerprint density at radius 1 is 1.00 bits per heavy atom. The molecule has 16 heavy (non-hydrogen) atoms. The molecule has 0 spiro atoms. The van der Waals surface area contributed by atoms with Gasteiger partial charge >= 0.3 is 0 Å². The molecule has 0 atom stereocenters. The minimum atomic E-state index is 0.0579. The molecular formula is C14H18N2. The van der Waals surface area contributed by atoms with E-state index < -0.39 is 0 Å². The molecule has 84 valence electrons. The number of fused-ring (bicyclic) bond motifs is 1. The number of nitrogens with zero attached hydrogens (tertiary/aromatic N) is 2. The molecule has 2 aromatic rings. The molecule has 0 aliphatic carbocycles. The topological polar surface area (TPSA) is 25.8 Å². The number of rotatable bonds is 1. The van der Waals surface area contributed by atoms with Crippen LogP contribution in [0.4, 0.5) is 0 Å². The molecule has 1 aromatic carbocycles. The number of hydrogen-bond acceptors (Lipinski definition) is 2. The molecule has 2 nitrogen and oxygen atoms in total. The van der Waals surface area contributed by atoms with Crippen LogP contribution in [0.15, 0.2) is 24.3 Å². The summed E-state index contributed by atoms with van der Waals surface area (Å²) in [7, 11) is 0. The van der Waals surface area contributed by atoms with Crippen molar-refractivity contribution in [3.8, 4) is 0 Å². The molecule has 0 saturated carbocycles. The Bertz CT molecular complexity index is 510. The van der Waals surface area contributed by atoms with Gasteiger partial charge < -0.3 is 0 Å². The lowest BCUT2D eigenvalue weighted by atomic mass is 9.89. The Morgan fingerprint density at radius 3 is 2.06 bits per heavy atom. The van der Waals surface area contributed by atoms with Crippen LogP contribution in [0.2, 0.25) is 0 Å². The summed E-state index contributed by atoms with van der Waals surface area (Å²) in [5.41, 5.74) is 4.28. The predicted molar refractivity (Wildman–Crippen MR) is 67.6 cm³/mol. The zero-order chi connectivity index (χ0) is 11.8. The van der Waals surface area contributed by atoms with Gasteiger partial charge in [0.05, 0.1) is 22.4 Å². The van der Waals surface area contributed by atoms with Crippen molar-refractivity contribution in [2.75, 3.05) is 0 Å². The summed E-state index contributed by atoms with van der Waals surface area (Å²) in [5, 5.41) is 0. The highest BCUT2D eigenvalue weighted by molar-refractivity contribution is 5.74. The molecule has 1 heterocycles. The lowest BCUT2D eigenvalue weighted by Crippen LogP contribution is -2.17. The zero-order valence-corrected chi connectivity index (χ0v) is 10.4. The van der Waals surface area contributed by atoms with Crippen LogP contribution in [0.5, 0.6) is 0 Å². The van der Waals surface area contributed by atoms with E-state index in [1.165, 1.54) is 0 Å². The molecule has 0 amide bonds. The van der Waals surface area contributed by atoms with Gasteiger partial charge in [0.15, 0.2) is 0 Å². The van der Waals surface area contributed by atoms with E-state index in [1.807, 2.05) is 24.3 Å². The minimum absolute atomic E-state index is 0.0579. The molecule has 0 radical (unpaired) electrons. The third kappa shape index (κ3) is 1.92. The summed E-state index contributed by atoms with van der Waals surface area (Å²) >= 11 is 0. The third-order valence-corrected chi connectivity index (χ3v) is 2.69. The average Bonchev–Trinajstić information content (AvgIpc) is 2.26. The Labute approximate surface area is 96.7 Å². The first kappa shape index (κ1) is 11.1. The molecule has 0 bridgehead atoms. The molecule has 0 aliphatic rings. The van der Waals surface area contributed by atoms with E-state index in [4.69, 9.17) is 9.97 Å². The van der Waals surface area contributed by atoms with E-state index in [9.17, 15) is 0 Å². The lowest BCUT2D eigenvalue weighted by molar-refractivity contribution is 0.559. The highest BCUT2D eigenvalue weighted by Gasteiger charge is 2.20. The van der Waals surface area contributed by atoms with Gasteiger partial charge in [-0.1, -0.05) is 39.8 Å². The summed E-state index contributed by atoms with van der Waals surface area (Å²) in [6.07, 6.45) is 0.935. The summed E-state index contributed by atoms with van der Waals surface area (Å²) in [6, 6.07) is 8.06. The van der Waals surface area contributed by atoms with Crippen LogP contribution < -0.4 is 0 Å². The van der Waals surface area contributed by atoms with Gasteiger partial charge in [0.1, 0.15) is 0 Å². The second-order valence-electron chi connectivity index (χ2n) is 5.11. The summed E-state index contributed by atoms with van der Waals surface area (Å²) in [5.74, 6) is 0. The fourth-order valence-electron chi connectivity index (χ4n) is 1.88. The molecule has 2 heteroatoms. The first-order chi connectivity index (χ1) is 7.52. The smallest absolute Gasteiger partial charge is 0.0890 e. The minimum Gasteiger partial charge on any atom is -0.249 e. The monoisotopic (exact) mass is 214 g/mol. The number of aromatic nitrogens is 2. The van der Waals surface area contributed by atoms with Gasteiger partial charge in [-0.3, -0.25) is 0 Å². The number of para-hydroxylation sites is 2. The van der Waals surface area contributed by atoms with E-state index >= 15 is 0 Å².